The number of benzene rings is 2. The van der Waals surface area contributed by atoms with E-state index < -0.39 is 6.10 Å². The van der Waals surface area contributed by atoms with Gasteiger partial charge in [-0.15, -0.1) is 0 Å². The Morgan fingerprint density at radius 1 is 1.30 bits per heavy atom. The van der Waals surface area contributed by atoms with Crippen LogP contribution in [0.15, 0.2) is 46.9 Å². The lowest BCUT2D eigenvalue weighted by Crippen LogP contribution is -2.45. The van der Waals surface area contributed by atoms with Crippen molar-refractivity contribution in [3.63, 3.8) is 0 Å². The molecule has 2 aromatic carbocycles. The molecule has 0 spiro atoms. The number of methoxy groups -OCH3 is 1. The van der Waals surface area contributed by atoms with Crippen molar-refractivity contribution >= 4 is 27.5 Å². The minimum Gasteiger partial charge on any atom is -0.497 e. The quantitative estimate of drug-likeness (QED) is 0.784. The number of ether oxygens (including phenoxy) is 2. The molecule has 1 amide bonds. The number of rotatable bonds is 5. The molecule has 4 rings (SSSR count). The van der Waals surface area contributed by atoms with E-state index in [9.17, 15) is 4.79 Å². The number of hydrogen-bond acceptors (Lipinski definition) is 4. The highest BCUT2D eigenvalue weighted by Gasteiger charge is 2.32. The molecule has 27 heavy (non-hydrogen) atoms. The molecule has 2 atom stereocenters. The molecule has 6 heteroatoms. The summed E-state index contributed by atoms with van der Waals surface area (Å²) < 4.78 is 12.4. The van der Waals surface area contributed by atoms with Gasteiger partial charge in [-0.25, -0.2) is 0 Å². The van der Waals surface area contributed by atoms with Crippen molar-refractivity contribution in [1.82, 2.24) is 4.90 Å². The van der Waals surface area contributed by atoms with Crippen LogP contribution in [0.5, 0.6) is 11.5 Å². The van der Waals surface area contributed by atoms with Crippen LogP contribution in [0, 0.1) is 5.92 Å². The number of anilines is 1. The summed E-state index contributed by atoms with van der Waals surface area (Å²) in [6.07, 6.45) is 1.66. The number of nitrogens with zero attached hydrogens (tertiary/aromatic N) is 1. The first-order valence-electron chi connectivity index (χ1n) is 9.23. The minimum atomic E-state index is -0.456. The maximum atomic E-state index is 12.3. The van der Waals surface area contributed by atoms with Crippen molar-refractivity contribution in [2.75, 3.05) is 32.1 Å². The second kappa shape index (κ2) is 7.90. The fourth-order valence-corrected chi connectivity index (χ4v) is 4.25. The Labute approximate surface area is 167 Å². The number of halogens is 1. The maximum Gasteiger partial charge on any atom is 0.266 e. The molecule has 0 aromatic heterocycles. The highest BCUT2D eigenvalue weighted by molar-refractivity contribution is 9.10. The second-order valence-corrected chi connectivity index (χ2v) is 8.02. The second-order valence-electron chi connectivity index (χ2n) is 7.17. The molecule has 0 saturated carbocycles. The zero-order valence-electron chi connectivity index (χ0n) is 15.3. The predicted octanol–water partition coefficient (Wildman–Crippen LogP) is 3.72. The van der Waals surface area contributed by atoms with Crippen molar-refractivity contribution in [3.8, 4) is 11.5 Å². The smallest absolute Gasteiger partial charge is 0.266 e. The summed E-state index contributed by atoms with van der Waals surface area (Å²) in [5.74, 6) is 2.13. The third kappa shape index (κ3) is 4.12. The van der Waals surface area contributed by atoms with E-state index in [-0.39, 0.29) is 5.91 Å². The van der Waals surface area contributed by atoms with Gasteiger partial charge in [0.15, 0.2) is 6.10 Å². The van der Waals surface area contributed by atoms with E-state index in [4.69, 9.17) is 9.47 Å². The normalized spacial score (nSPS) is 22.1. The Morgan fingerprint density at radius 2 is 2.15 bits per heavy atom. The average molecular weight is 431 g/mol. The van der Waals surface area contributed by atoms with Crippen molar-refractivity contribution in [2.24, 2.45) is 5.92 Å². The number of fused-ring (bicyclic) bond motifs is 1. The van der Waals surface area contributed by atoms with Gasteiger partial charge in [0.1, 0.15) is 11.5 Å². The van der Waals surface area contributed by atoms with Crippen LogP contribution >= 0.6 is 15.9 Å². The van der Waals surface area contributed by atoms with Crippen LogP contribution in [0.1, 0.15) is 12.0 Å². The van der Waals surface area contributed by atoms with Crippen LogP contribution in [0.3, 0.4) is 0 Å². The summed E-state index contributed by atoms with van der Waals surface area (Å²) in [5.41, 5.74) is 2.02. The molecule has 0 radical (unpaired) electrons. The van der Waals surface area contributed by atoms with E-state index in [2.05, 4.69) is 32.2 Å². The van der Waals surface area contributed by atoms with Gasteiger partial charge in [-0.3, -0.25) is 9.69 Å². The molecular weight excluding hydrogens is 408 g/mol. The molecular formula is C21H23BrN2O3. The van der Waals surface area contributed by atoms with Gasteiger partial charge >= 0.3 is 0 Å². The largest absolute Gasteiger partial charge is 0.497 e. The monoisotopic (exact) mass is 430 g/mol. The Hall–Kier alpha value is -2.05. The van der Waals surface area contributed by atoms with E-state index in [1.54, 1.807) is 7.11 Å². The number of carbonyl (C=O) groups excluding carboxylic acids is 1. The molecule has 1 N–H and O–H groups in total. The lowest BCUT2D eigenvalue weighted by Gasteiger charge is -2.28. The molecule has 2 aromatic rings. The first-order chi connectivity index (χ1) is 13.1. The van der Waals surface area contributed by atoms with Crippen molar-refractivity contribution in [1.29, 1.82) is 0 Å². The standard InChI is InChI=1S/C21H23BrN2O3/c1-26-16-6-7-17(22)15(11-16)10-14-8-9-24(12-14)13-20-21(25)23-18-4-2-3-5-19(18)27-20/h2-7,11,14,20H,8-10,12-13H2,1H3,(H,23,25). The molecule has 1 fully saturated rings. The van der Waals surface area contributed by atoms with Crippen LogP contribution in [-0.4, -0.2) is 43.7 Å². The Morgan fingerprint density at radius 3 is 3.00 bits per heavy atom. The van der Waals surface area contributed by atoms with Gasteiger partial charge in [0.2, 0.25) is 0 Å². The maximum absolute atomic E-state index is 12.3. The number of amides is 1. The highest BCUT2D eigenvalue weighted by Crippen LogP contribution is 2.31. The number of carbonyl (C=O) groups is 1. The predicted molar refractivity (Wildman–Crippen MR) is 108 cm³/mol. The van der Waals surface area contributed by atoms with Gasteiger partial charge in [-0.05, 0) is 61.2 Å². The van der Waals surface area contributed by atoms with Crippen LogP contribution in [0.4, 0.5) is 5.69 Å². The van der Waals surface area contributed by atoms with E-state index in [1.165, 1.54) is 5.56 Å². The summed E-state index contributed by atoms with van der Waals surface area (Å²) in [6.45, 7) is 2.58. The lowest BCUT2D eigenvalue weighted by molar-refractivity contribution is -0.124. The summed E-state index contributed by atoms with van der Waals surface area (Å²) in [5, 5.41) is 2.94. The highest BCUT2D eigenvalue weighted by atomic mass is 79.9. The molecule has 2 aliphatic rings. The summed E-state index contributed by atoms with van der Waals surface area (Å²) >= 11 is 3.64. The minimum absolute atomic E-state index is 0.0623. The molecule has 2 unspecified atom stereocenters. The zero-order valence-corrected chi connectivity index (χ0v) is 16.9. The van der Waals surface area contributed by atoms with E-state index in [0.717, 1.165) is 47.6 Å². The van der Waals surface area contributed by atoms with Gasteiger partial charge in [0.25, 0.3) is 5.91 Å². The number of nitrogens with one attached hydrogen (secondary N) is 1. The van der Waals surface area contributed by atoms with Gasteiger partial charge in [-0.1, -0.05) is 28.1 Å². The van der Waals surface area contributed by atoms with E-state index in [0.29, 0.717) is 12.5 Å². The van der Waals surface area contributed by atoms with Crippen LogP contribution in [-0.2, 0) is 11.2 Å². The third-order valence-electron chi connectivity index (χ3n) is 5.26. The molecule has 1 saturated heterocycles. The van der Waals surface area contributed by atoms with Crippen LogP contribution < -0.4 is 14.8 Å². The Kier molecular flexibility index (Phi) is 5.36. The topological polar surface area (TPSA) is 50.8 Å². The lowest BCUT2D eigenvalue weighted by atomic mass is 9.98. The van der Waals surface area contributed by atoms with E-state index in [1.807, 2.05) is 36.4 Å². The molecule has 142 valence electrons. The molecule has 2 aliphatic heterocycles. The first-order valence-corrected chi connectivity index (χ1v) is 10.0. The third-order valence-corrected chi connectivity index (χ3v) is 6.04. The summed E-state index contributed by atoms with van der Waals surface area (Å²) in [6, 6.07) is 13.7. The van der Waals surface area contributed by atoms with Gasteiger partial charge in [0, 0.05) is 17.6 Å². The molecule has 2 heterocycles. The SMILES string of the molecule is COc1ccc(Br)c(CC2CCN(CC3Oc4ccccc4NC3=O)C2)c1. The molecule has 5 nitrogen and oxygen atoms in total. The van der Waals surface area contributed by atoms with Gasteiger partial charge in [0.05, 0.1) is 12.8 Å². The molecule has 0 bridgehead atoms. The van der Waals surface area contributed by atoms with E-state index >= 15 is 0 Å². The summed E-state index contributed by atoms with van der Waals surface area (Å²) in [4.78, 5) is 14.7. The number of likely N-dealkylation sites (tertiary alicyclic amines) is 1. The number of hydrogen-bond donors (Lipinski definition) is 1. The average Bonchev–Trinajstić information content (AvgIpc) is 3.11. The fourth-order valence-electron chi connectivity index (χ4n) is 3.84. The van der Waals surface area contributed by atoms with Crippen LogP contribution in [0.25, 0.3) is 0 Å². The zero-order chi connectivity index (χ0) is 18.8. The Bertz CT molecular complexity index is 842. The fraction of sp³-hybridized carbons (Fsp3) is 0.381. The van der Waals surface area contributed by atoms with Crippen LogP contribution in [0.2, 0.25) is 0 Å². The van der Waals surface area contributed by atoms with Gasteiger partial charge < -0.3 is 14.8 Å². The molecule has 0 aliphatic carbocycles. The number of para-hydroxylation sites is 2. The van der Waals surface area contributed by atoms with Gasteiger partial charge in [-0.2, -0.15) is 0 Å². The first kappa shape index (κ1) is 18.3. The van der Waals surface area contributed by atoms with Crippen molar-refractivity contribution < 1.29 is 14.3 Å². The Balaban J connectivity index is 1.36. The van der Waals surface area contributed by atoms with Crippen molar-refractivity contribution in [3.05, 3.63) is 52.5 Å². The summed E-state index contributed by atoms with van der Waals surface area (Å²) in [7, 11) is 1.69. The van der Waals surface area contributed by atoms with Crippen molar-refractivity contribution in [2.45, 2.75) is 18.9 Å².